The lowest BCUT2D eigenvalue weighted by molar-refractivity contribution is -0.357. The average molecular weight is 131 g/mol. The molecule has 1 heterocycles. The second-order valence-corrected chi connectivity index (χ2v) is 1.32. The zero-order valence-corrected chi connectivity index (χ0v) is 4.42. The minimum Gasteiger partial charge on any atom is -0.390 e. The van der Waals surface area contributed by atoms with Crippen LogP contribution < -0.4 is 16.4 Å². The lowest BCUT2D eigenvalue weighted by Gasteiger charge is -2.07. The summed E-state index contributed by atoms with van der Waals surface area (Å²) in [6, 6.07) is 0. The van der Waals surface area contributed by atoms with Gasteiger partial charge in [-0.2, -0.15) is 10.9 Å². The van der Waals surface area contributed by atoms with E-state index >= 15 is 0 Å². The molecule has 0 unspecified atom stereocenters. The van der Waals surface area contributed by atoms with E-state index in [1.165, 1.54) is 0 Å². The molecule has 0 amide bonds. The molecule has 0 aromatic carbocycles. The molecule has 0 aromatic rings. The van der Waals surface area contributed by atoms with Crippen LogP contribution in [0.5, 0.6) is 0 Å². The van der Waals surface area contributed by atoms with Crippen LogP contribution >= 0.6 is 0 Å². The van der Waals surface area contributed by atoms with Gasteiger partial charge >= 0.3 is 5.96 Å². The monoisotopic (exact) mass is 131 g/mol. The molecule has 1 rings (SSSR count). The summed E-state index contributed by atoms with van der Waals surface area (Å²) in [5.74, 6) is -0.270. The highest BCUT2D eigenvalue weighted by Gasteiger charge is 2.12. The van der Waals surface area contributed by atoms with Crippen LogP contribution in [0.4, 0.5) is 0 Å². The van der Waals surface area contributed by atoms with Crippen molar-refractivity contribution in [1.29, 1.82) is 0 Å². The SMILES string of the molecule is O=[N+]([O-])C1=NCNNN1. The zero-order valence-electron chi connectivity index (χ0n) is 4.42. The Balaban J connectivity index is 2.57. The van der Waals surface area contributed by atoms with E-state index in [0.29, 0.717) is 0 Å². The Morgan fingerprint density at radius 2 is 2.56 bits per heavy atom. The summed E-state index contributed by atoms with van der Waals surface area (Å²) >= 11 is 0. The third kappa shape index (κ3) is 1.34. The van der Waals surface area contributed by atoms with E-state index in [1.807, 2.05) is 0 Å². The molecule has 0 bridgehead atoms. The molecule has 50 valence electrons. The van der Waals surface area contributed by atoms with Gasteiger partial charge < -0.3 is 10.1 Å². The number of rotatable bonds is 0. The van der Waals surface area contributed by atoms with Gasteiger partial charge in [-0.3, -0.25) is 0 Å². The molecular formula is C2H5N5O2. The van der Waals surface area contributed by atoms with Gasteiger partial charge in [0.05, 0.1) is 0 Å². The highest BCUT2D eigenvalue weighted by Crippen LogP contribution is 1.75. The largest absolute Gasteiger partial charge is 0.442 e. The summed E-state index contributed by atoms with van der Waals surface area (Å²) in [4.78, 5) is 12.8. The molecule has 0 radical (unpaired) electrons. The molecule has 7 nitrogen and oxygen atoms in total. The molecule has 0 aliphatic carbocycles. The van der Waals surface area contributed by atoms with Crippen molar-refractivity contribution in [2.45, 2.75) is 0 Å². The number of guanidine groups is 1. The molecule has 1 aliphatic rings. The number of nitro groups is 1. The maximum atomic E-state index is 9.90. The fourth-order valence-corrected chi connectivity index (χ4v) is 0.397. The lowest BCUT2D eigenvalue weighted by Crippen LogP contribution is -2.53. The Kier molecular flexibility index (Phi) is 1.56. The van der Waals surface area contributed by atoms with Crippen molar-refractivity contribution >= 4 is 5.96 Å². The minimum absolute atomic E-state index is 0.212. The zero-order chi connectivity index (χ0) is 6.69. The van der Waals surface area contributed by atoms with Crippen molar-refractivity contribution in [3.05, 3.63) is 10.1 Å². The van der Waals surface area contributed by atoms with Gasteiger partial charge in [-0.1, -0.05) is 4.99 Å². The quantitative estimate of drug-likeness (QED) is 0.266. The number of aliphatic imine (C=N–C) groups is 1. The van der Waals surface area contributed by atoms with Crippen molar-refractivity contribution in [3.63, 3.8) is 0 Å². The normalized spacial score (nSPS) is 18.0. The molecule has 0 fully saturated rings. The fraction of sp³-hybridized carbons (Fsp3) is 0.500. The van der Waals surface area contributed by atoms with Gasteiger partial charge in [-0.15, -0.1) is 5.53 Å². The topological polar surface area (TPSA) is 91.6 Å². The third-order valence-corrected chi connectivity index (χ3v) is 0.744. The second-order valence-electron chi connectivity index (χ2n) is 1.32. The predicted octanol–water partition coefficient (Wildman–Crippen LogP) is -1.81. The highest BCUT2D eigenvalue weighted by molar-refractivity contribution is 5.70. The first-order valence-electron chi connectivity index (χ1n) is 2.23. The Bertz CT molecular complexity index is 153. The van der Waals surface area contributed by atoms with E-state index in [2.05, 4.69) is 21.4 Å². The second kappa shape index (κ2) is 2.37. The summed E-state index contributed by atoms with van der Waals surface area (Å²) in [6.07, 6.45) is 0. The van der Waals surface area contributed by atoms with Gasteiger partial charge in [0.25, 0.3) is 0 Å². The lowest BCUT2D eigenvalue weighted by atomic mass is 10.9. The molecule has 0 spiro atoms. The number of hydrazine groups is 2. The van der Waals surface area contributed by atoms with E-state index in [9.17, 15) is 10.1 Å². The van der Waals surface area contributed by atoms with E-state index in [1.54, 1.807) is 0 Å². The molecule has 0 aromatic heterocycles. The van der Waals surface area contributed by atoms with Crippen LogP contribution in [0.25, 0.3) is 0 Å². The van der Waals surface area contributed by atoms with Crippen LogP contribution in [0.2, 0.25) is 0 Å². The standard InChI is InChI=1S/C2H5N5O2/c8-7(9)2-3-1-4-6-5-2/h4,6H,1H2,(H,3,5). The molecule has 0 atom stereocenters. The van der Waals surface area contributed by atoms with Gasteiger partial charge in [0.15, 0.2) is 6.67 Å². The number of nitrogens with one attached hydrogen (secondary N) is 3. The Labute approximate surface area is 50.2 Å². The Hall–Kier alpha value is -1.21. The van der Waals surface area contributed by atoms with Crippen molar-refractivity contribution in [2.75, 3.05) is 6.67 Å². The average Bonchev–Trinajstić information content (AvgIpc) is 1.90. The molecule has 3 N–H and O–H groups in total. The maximum Gasteiger partial charge on any atom is 0.442 e. The van der Waals surface area contributed by atoms with E-state index in [-0.39, 0.29) is 12.6 Å². The van der Waals surface area contributed by atoms with Crippen LogP contribution in [0, 0.1) is 10.1 Å². The van der Waals surface area contributed by atoms with E-state index < -0.39 is 4.92 Å². The highest BCUT2D eigenvalue weighted by atomic mass is 16.6. The van der Waals surface area contributed by atoms with Gasteiger partial charge in [0, 0.05) is 0 Å². The van der Waals surface area contributed by atoms with Crippen molar-refractivity contribution < 1.29 is 4.92 Å². The summed E-state index contributed by atoms with van der Waals surface area (Å²) < 4.78 is 0. The first-order valence-corrected chi connectivity index (χ1v) is 2.23. The summed E-state index contributed by atoms with van der Waals surface area (Å²) in [5, 5.41) is 9.90. The van der Waals surface area contributed by atoms with Crippen LogP contribution in [-0.4, -0.2) is 17.6 Å². The van der Waals surface area contributed by atoms with Crippen LogP contribution in [-0.2, 0) is 0 Å². The smallest absolute Gasteiger partial charge is 0.390 e. The van der Waals surface area contributed by atoms with Crippen molar-refractivity contribution in [3.8, 4) is 0 Å². The van der Waals surface area contributed by atoms with Crippen molar-refractivity contribution in [1.82, 2.24) is 16.4 Å². The first-order chi connectivity index (χ1) is 4.30. The molecule has 0 saturated carbocycles. The molecule has 9 heavy (non-hydrogen) atoms. The fourth-order valence-electron chi connectivity index (χ4n) is 0.397. The summed E-state index contributed by atoms with van der Waals surface area (Å²) in [5.41, 5.74) is 7.07. The van der Waals surface area contributed by atoms with Gasteiger partial charge in [-0.05, 0) is 4.92 Å². The van der Waals surface area contributed by atoms with E-state index in [4.69, 9.17) is 0 Å². The van der Waals surface area contributed by atoms with Crippen LogP contribution in [0.15, 0.2) is 4.99 Å². The summed E-state index contributed by atoms with van der Waals surface area (Å²) in [6.45, 7) is 0.212. The third-order valence-electron chi connectivity index (χ3n) is 0.744. The van der Waals surface area contributed by atoms with Crippen molar-refractivity contribution in [2.24, 2.45) is 4.99 Å². The first kappa shape index (κ1) is 5.92. The Morgan fingerprint density at radius 1 is 1.78 bits per heavy atom. The number of hydrogen-bond donors (Lipinski definition) is 3. The predicted molar refractivity (Wildman–Crippen MR) is 28.7 cm³/mol. The molecule has 7 heteroatoms. The van der Waals surface area contributed by atoms with E-state index in [0.717, 1.165) is 0 Å². The van der Waals surface area contributed by atoms with Gasteiger partial charge in [0.2, 0.25) is 0 Å². The summed E-state index contributed by atoms with van der Waals surface area (Å²) in [7, 11) is 0. The minimum atomic E-state index is -0.603. The van der Waals surface area contributed by atoms with Crippen LogP contribution in [0.1, 0.15) is 0 Å². The van der Waals surface area contributed by atoms with Gasteiger partial charge in [-0.25, -0.2) is 0 Å². The van der Waals surface area contributed by atoms with Gasteiger partial charge in [0.1, 0.15) is 0 Å². The van der Waals surface area contributed by atoms with Crippen LogP contribution in [0.3, 0.4) is 0 Å². The molecule has 1 aliphatic heterocycles. The molecule has 0 saturated heterocycles. The number of nitrogens with zero attached hydrogens (tertiary/aromatic N) is 2. The molecular weight excluding hydrogens is 126 g/mol. The maximum absolute atomic E-state index is 9.90. The number of hydrogen-bond acceptors (Lipinski definition) is 6. The Morgan fingerprint density at radius 3 is 2.89 bits per heavy atom.